The fourth-order valence-electron chi connectivity index (χ4n) is 1.95. The first-order valence-corrected chi connectivity index (χ1v) is 5.57. The maximum absolute atomic E-state index is 11.4. The van der Waals surface area contributed by atoms with Gasteiger partial charge < -0.3 is 9.47 Å². The Labute approximate surface area is 104 Å². The van der Waals surface area contributed by atoms with Gasteiger partial charge >= 0.3 is 5.69 Å². The van der Waals surface area contributed by atoms with Crippen LogP contribution in [0.4, 0.5) is 5.69 Å². The number of methoxy groups -OCH3 is 1. The van der Waals surface area contributed by atoms with Crippen LogP contribution >= 0.6 is 0 Å². The molecule has 1 heterocycles. The number of nitro groups is 1. The lowest BCUT2D eigenvalue weighted by molar-refractivity contribution is -0.385. The third-order valence-corrected chi connectivity index (χ3v) is 2.88. The normalized spacial score (nSPS) is 19.6. The van der Waals surface area contributed by atoms with Crippen molar-refractivity contribution >= 4 is 11.5 Å². The molecule has 1 fully saturated rings. The van der Waals surface area contributed by atoms with Crippen LogP contribution in [0.3, 0.4) is 0 Å². The fraction of sp³-hybridized carbons (Fsp3) is 0.417. The lowest BCUT2D eigenvalue weighted by atomic mass is 10.00. The van der Waals surface area contributed by atoms with Gasteiger partial charge in [0, 0.05) is 18.9 Å². The van der Waals surface area contributed by atoms with Crippen LogP contribution in [-0.4, -0.2) is 24.4 Å². The largest absolute Gasteiger partial charge is 0.490 e. The van der Waals surface area contributed by atoms with Gasteiger partial charge in [-0.05, 0) is 11.6 Å². The average Bonchev–Trinajstić information content (AvgIpc) is 2.38. The Bertz CT molecular complexity index is 485. The molecule has 0 bridgehead atoms. The first kappa shape index (κ1) is 12.5. The standard InChI is InChI=1S/C12H13NO5/c1-17-11-3-2-8(6-10(11)13(15)16)12-7-9(14)4-5-18-12/h2-3,6,12H,4-5,7H2,1H3. The number of ketones is 1. The van der Waals surface area contributed by atoms with E-state index in [0.717, 1.165) is 0 Å². The third kappa shape index (κ3) is 2.48. The fourth-order valence-corrected chi connectivity index (χ4v) is 1.95. The molecule has 0 aliphatic carbocycles. The lowest BCUT2D eigenvalue weighted by Crippen LogP contribution is -2.19. The number of ether oxygens (including phenoxy) is 2. The summed E-state index contributed by atoms with van der Waals surface area (Å²) in [7, 11) is 1.38. The lowest BCUT2D eigenvalue weighted by Gasteiger charge is -2.22. The molecule has 0 aromatic heterocycles. The Morgan fingerprint density at radius 2 is 2.28 bits per heavy atom. The Hall–Kier alpha value is -1.95. The molecule has 0 N–H and O–H groups in total. The predicted octanol–water partition coefficient (Wildman–Crippen LogP) is 2.02. The molecule has 1 unspecified atom stereocenters. The number of benzene rings is 1. The van der Waals surface area contributed by atoms with Gasteiger partial charge in [0.1, 0.15) is 5.78 Å². The minimum absolute atomic E-state index is 0.114. The zero-order valence-electron chi connectivity index (χ0n) is 9.92. The van der Waals surface area contributed by atoms with Gasteiger partial charge in [-0.1, -0.05) is 6.07 Å². The number of carbonyl (C=O) groups is 1. The van der Waals surface area contributed by atoms with Gasteiger partial charge in [-0.2, -0.15) is 0 Å². The summed E-state index contributed by atoms with van der Waals surface area (Å²) in [5.74, 6) is 0.315. The molecule has 0 spiro atoms. The van der Waals surface area contributed by atoms with Gasteiger partial charge in [-0.15, -0.1) is 0 Å². The molecule has 96 valence electrons. The Balaban J connectivity index is 2.31. The number of Topliss-reactive ketones (excluding diaryl/α,β-unsaturated/α-hetero) is 1. The maximum Gasteiger partial charge on any atom is 0.311 e. The number of hydrogen-bond acceptors (Lipinski definition) is 5. The summed E-state index contributed by atoms with van der Waals surface area (Å²) < 4.78 is 10.4. The zero-order valence-corrected chi connectivity index (χ0v) is 9.92. The van der Waals surface area contributed by atoms with E-state index in [4.69, 9.17) is 9.47 Å². The molecule has 1 aliphatic rings. The second kappa shape index (κ2) is 5.14. The van der Waals surface area contributed by atoms with Crippen LogP contribution in [0.2, 0.25) is 0 Å². The van der Waals surface area contributed by atoms with Gasteiger partial charge in [0.25, 0.3) is 0 Å². The zero-order chi connectivity index (χ0) is 13.1. The van der Waals surface area contributed by atoms with Gasteiger partial charge in [-0.25, -0.2) is 0 Å². The number of carbonyl (C=O) groups excluding carboxylic acids is 1. The van der Waals surface area contributed by atoms with E-state index in [-0.39, 0.29) is 23.6 Å². The molecule has 1 aliphatic heterocycles. The van der Waals surface area contributed by atoms with Crippen LogP contribution in [0.15, 0.2) is 18.2 Å². The van der Waals surface area contributed by atoms with Gasteiger partial charge in [-0.3, -0.25) is 14.9 Å². The molecule has 1 saturated heterocycles. The van der Waals surface area contributed by atoms with Crippen LogP contribution in [0.5, 0.6) is 5.75 Å². The van der Waals surface area contributed by atoms with Crippen LogP contribution in [0, 0.1) is 10.1 Å². The molecule has 18 heavy (non-hydrogen) atoms. The second-order valence-corrected chi connectivity index (χ2v) is 4.04. The number of hydrogen-bond donors (Lipinski definition) is 0. The predicted molar refractivity (Wildman–Crippen MR) is 62.6 cm³/mol. The van der Waals surface area contributed by atoms with Crippen molar-refractivity contribution in [1.29, 1.82) is 0 Å². The Kier molecular flexibility index (Phi) is 3.57. The summed E-state index contributed by atoms with van der Waals surface area (Å²) >= 11 is 0. The second-order valence-electron chi connectivity index (χ2n) is 4.04. The highest BCUT2D eigenvalue weighted by Crippen LogP contribution is 2.33. The molecule has 0 radical (unpaired) electrons. The molecule has 2 rings (SSSR count). The molecule has 0 saturated carbocycles. The Morgan fingerprint density at radius 3 is 2.89 bits per heavy atom. The summed E-state index contributed by atoms with van der Waals surface area (Å²) in [5, 5.41) is 10.9. The highest BCUT2D eigenvalue weighted by Gasteiger charge is 2.24. The minimum atomic E-state index is -0.507. The van der Waals surface area contributed by atoms with E-state index < -0.39 is 11.0 Å². The molecular formula is C12H13NO5. The van der Waals surface area contributed by atoms with E-state index in [1.807, 2.05) is 0 Å². The quantitative estimate of drug-likeness (QED) is 0.606. The van der Waals surface area contributed by atoms with E-state index >= 15 is 0 Å². The van der Waals surface area contributed by atoms with Crippen LogP contribution < -0.4 is 4.74 Å². The first-order valence-electron chi connectivity index (χ1n) is 5.57. The van der Waals surface area contributed by atoms with Crippen LogP contribution in [-0.2, 0) is 9.53 Å². The van der Waals surface area contributed by atoms with Crippen LogP contribution in [0.25, 0.3) is 0 Å². The molecule has 6 heteroatoms. The monoisotopic (exact) mass is 251 g/mol. The van der Waals surface area contributed by atoms with E-state index in [1.165, 1.54) is 19.2 Å². The van der Waals surface area contributed by atoms with Crippen molar-refractivity contribution in [2.45, 2.75) is 18.9 Å². The third-order valence-electron chi connectivity index (χ3n) is 2.88. The van der Waals surface area contributed by atoms with E-state index in [0.29, 0.717) is 18.6 Å². The summed E-state index contributed by atoms with van der Waals surface area (Å²) in [6, 6.07) is 4.62. The summed E-state index contributed by atoms with van der Waals surface area (Å²) in [6.45, 7) is 0.364. The van der Waals surface area contributed by atoms with Gasteiger partial charge in [0.15, 0.2) is 5.75 Å². The molecule has 1 atom stereocenters. The number of nitrogens with zero attached hydrogens (tertiary/aromatic N) is 1. The molecular weight excluding hydrogens is 238 g/mol. The van der Waals surface area contributed by atoms with Crippen molar-refractivity contribution < 1.29 is 19.2 Å². The highest BCUT2D eigenvalue weighted by molar-refractivity contribution is 5.79. The van der Waals surface area contributed by atoms with E-state index in [2.05, 4.69) is 0 Å². The molecule has 6 nitrogen and oxygen atoms in total. The van der Waals surface area contributed by atoms with E-state index in [9.17, 15) is 14.9 Å². The average molecular weight is 251 g/mol. The van der Waals surface area contributed by atoms with Gasteiger partial charge in [0.2, 0.25) is 0 Å². The van der Waals surface area contributed by atoms with E-state index in [1.54, 1.807) is 6.07 Å². The number of rotatable bonds is 3. The van der Waals surface area contributed by atoms with Gasteiger partial charge in [0.05, 0.1) is 24.7 Å². The van der Waals surface area contributed by atoms with Crippen LogP contribution in [0.1, 0.15) is 24.5 Å². The van der Waals surface area contributed by atoms with Crippen molar-refractivity contribution in [3.63, 3.8) is 0 Å². The van der Waals surface area contributed by atoms with Crippen molar-refractivity contribution in [1.82, 2.24) is 0 Å². The topological polar surface area (TPSA) is 78.7 Å². The van der Waals surface area contributed by atoms with Crippen molar-refractivity contribution in [2.75, 3.05) is 13.7 Å². The van der Waals surface area contributed by atoms with Crippen molar-refractivity contribution in [2.24, 2.45) is 0 Å². The van der Waals surface area contributed by atoms with Crippen molar-refractivity contribution in [3.8, 4) is 5.75 Å². The number of nitro benzene ring substituents is 1. The molecule has 0 amide bonds. The SMILES string of the molecule is COc1ccc(C2CC(=O)CCO2)cc1[N+](=O)[O-]. The highest BCUT2D eigenvalue weighted by atomic mass is 16.6. The minimum Gasteiger partial charge on any atom is -0.490 e. The smallest absolute Gasteiger partial charge is 0.311 e. The van der Waals surface area contributed by atoms with Crippen molar-refractivity contribution in [3.05, 3.63) is 33.9 Å². The maximum atomic E-state index is 11.4. The Morgan fingerprint density at radius 1 is 1.50 bits per heavy atom. The molecule has 1 aromatic carbocycles. The molecule has 1 aromatic rings. The first-order chi connectivity index (χ1) is 8.61. The summed E-state index contributed by atoms with van der Waals surface area (Å²) in [5.41, 5.74) is 0.521. The summed E-state index contributed by atoms with van der Waals surface area (Å²) in [4.78, 5) is 21.7. The summed E-state index contributed by atoms with van der Waals surface area (Å²) in [6.07, 6.45) is 0.286.